The number of hydrogen-bond donors (Lipinski definition) is 0. The molecule has 0 spiro atoms. The monoisotopic (exact) mass is 189 g/mol. The summed E-state index contributed by atoms with van der Waals surface area (Å²) in [6, 6.07) is 0. The van der Waals surface area contributed by atoms with Crippen molar-refractivity contribution in [2.24, 2.45) is 0 Å². The average Bonchev–Trinajstić information content (AvgIpc) is 2.13. The van der Waals surface area contributed by atoms with Gasteiger partial charge in [-0.25, -0.2) is 0 Å². The lowest BCUT2D eigenvalue weighted by Gasteiger charge is -2.25. The summed E-state index contributed by atoms with van der Waals surface area (Å²) in [4.78, 5) is 10.7. The average molecular weight is 189 g/mol. The van der Waals surface area contributed by atoms with Crippen LogP contribution in [-0.4, -0.2) is 43.0 Å². The highest BCUT2D eigenvalue weighted by atomic mass is 28.1. The molecule has 69 valence electrons. The fourth-order valence-corrected chi connectivity index (χ4v) is 0.781. The quantitative estimate of drug-likeness (QED) is 0.348. The van der Waals surface area contributed by atoms with E-state index < -0.39 is 5.41 Å². The molecule has 0 aromatic rings. The van der Waals surface area contributed by atoms with E-state index in [1.54, 1.807) is 0 Å². The maximum absolute atomic E-state index is 10.7. The van der Waals surface area contributed by atoms with Crippen molar-refractivity contribution in [1.29, 1.82) is 0 Å². The smallest absolute Gasteiger partial charge is 0.305 e. The summed E-state index contributed by atoms with van der Waals surface area (Å²) < 4.78 is 14.4. The maximum atomic E-state index is 10.7. The Morgan fingerprint density at radius 2 is 1.83 bits per heavy atom. The van der Waals surface area contributed by atoms with Crippen molar-refractivity contribution in [3.8, 4) is 0 Å². The van der Waals surface area contributed by atoms with Crippen molar-refractivity contribution in [1.82, 2.24) is 0 Å². The Balaban J connectivity index is 3.80. The highest BCUT2D eigenvalue weighted by molar-refractivity contribution is 6.13. The van der Waals surface area contributed by atoms with E-state index in [0.717, 1.165) is 0 Å². The molecule has 0 aromatic carbocycles. The van der Waals surface area contributed by atoms with E-state index in [0.29, 0.717) is 6.42 Å². The number of carbonyl (C=O) groups excluding carboxylic acids is 1. The van der Waals surface area contributed by atoms with Crippen molar-refractivity contribution in [2.75, 3.05) is 21.3 Å². The molecule has 0 aliphatic rings. The highest BCUT2D eigenvalue weighted by Gasteiger charge is 2.23. The van der Waals surface area contributed by atoms with Gasteiger partial charge in [0.25, 0.3) is 0 Å². The van der Waals surface area contributed by atoms with Gasteiger partial charge in [0.15, 0.2) is 0 Å². The molecule has 0 amide bonds. The molecule has 5 heteroatoms. The number of methoxy groups -OCH3 is 3. The van der Waals surface area contributed by atoms with E-state index in [4.69, 9.17) is 9.47 Å². The van der Waals surface area contributed by atoms with Gasteiger partial charge in [-0.2, -0.15) is 0 Å². The van der Waals surface area contributed by atoms with Crippen LogP contribution in [0.15, 0.2) is 0 Å². The molecule has 0 saturated heterocycles. The van der Waals surface area contributed by atoms with Crippen LogP contribution in [0.3, 0.4) is 0 Å². The summed E-state index contributed by atoms with van der Waals surface area (Å²) in [7, 11) is 7.57. The zero-order valence-corrected chi connectivity index (χ0v) is 8.55. The first-order chi connectivity index (χ1) is 5.58. The van der Waals surface area contributed by atoms with Crippen LogP contribution in [0.1, 0.15) is 12.8 Å². The Labute approximate surface area is 75.6 Å². The molecule has 12 heavy (non-hydrogen) atoms. The number of rotatable bonds is 5. The molecule has 0 rings (SSSR count). The molecule has 0 unspecified atom stereocenters. The predicted octanol–water partition coefficient (Wildman–Crippen LogP) is 0.0547. The lowest BCUT2D eigenvalue weighted by Crippen LogP contribution is -2.34. The Hall–Kier alpha value is -0.393. The minimum atomic E-state index is -0.881. The molecule has 0 heterocycles. The fourth-order valence-electron chi connectivity index (χ4n) is 0.656. The van der Waals surface area contributed by atoms with Gasteiger partial charge < -0.3 is 14.2 Å². The van der Waals surface area contributed by atoms with Crippen LogP contribution in [0.4, 0.5) is 0 Å². The molecular formula is C7H13O4Si. The van der Waals surface area contributed by atoms with Gasteiger partial charge in [-0.15, -0.1) is 0 Å². The standard InChI is InChI=1S/C7H13O4Si/c1-9-6(8)4-5-7(12,10-2)11-3/h4-5H2,1-3H3. The van der Waals surface area contributed by atoms with Crippen LogP contribution in [0.25, 0.3) is 0 Å². The van der Waals surface area contributed by atoms with Gasteiger partial charge in [-0.3, -0.25) is 4.79 Å². The molecule has 0 aliphatic heterocycles. The van der Waals surface area contributed by atoms with Crippen LogP contribution in [0.2, 0.25) is 0 Å². The van der Waals surface area contributed by atoms with Gasteiger partial charge in [0.2, 0.25) is 0 Å². The fraction of sp³-hybridized carbons (Fsp3) is 0.857. The van der Waals surface area contributed by atoms with Gasteiger partial charge >= 0.3 is 5.97 Å². The zero-order valence-electron chi connectivity index (χ0n) is 7.55. The van der Waals surface area contributed by atoms with Crippen molar-refractivity contribution in [3.63, 3.8) is 0 Å². The summed E-state index contributed by atoms with van der Waals surface area (Å²) in [5, 5.41) is 0. The lowest BCUT2D eigenvalue weighted by atomic mass is 10.3. The summed E-state index contributed by atoms with van der Waals surface area (Å²) in [5.74, 6) is -0.285. The first-order valence-electron chi connectivity index (χ1n) is 3.50. The third-order valence-electron chi connectivity index (χ3n) is 1.55. The second-order valence-electron chi connectivity index (χ2n) is 2.24. The van der Waals surface area contributed by atoms with E-state index in [2.05, 4.69) is 15.0 Å². The maximum Gasteiger partial charge on any atom is 0.305 e. The number of ether oxygens (including phenoxy) is 3. The first kappa shape index (κ1) is 11.6. The molecule has 0 fully saturated rings. The van der Waals surface area contributed by atoms with Gasteiger partial charge in [0, 0.05) is 20.6 Å². The van der Waals surface area contributed by atoms with E-state index in [9.17, 15) is 4.79 Å². The molecule has 0 saturated carbocycles. The van der Waals surface area contributed by atoms with Crippen molar-refractivity contribution in [2.45, 2.75) is 18.3 Å². The van der Waals surface area contributed by atoms with E-state index >= 15 is 0 Å². The normalized spacial score (nSPS) is 11.3. The molecular weight excluding hydrogens is 176 g/mol. The van der Waals surface area contributed by atoms with E-state index in [1.165, 1.54) is 21.3 Å². The number of hydrogen-bond acceptors (Lipinski definition) is 4. The van der Waals surface area contributed by atoms with E-state index in [1.807, 2.05) is 0 Å². The number of carbonyl (C=O) groups is 1. The predicted molar refractivity (Wildman–Crippen MR) is 43.8 cm³/mol. The zero-order chi connectivity index (χ0) is 9.61. The Bertz CT molecular complexity index is 144. The van der Waals surface area contributed by atoms with Crippen molar-refractivity contribution < 1.29 is 19.0 Å². The molecule has 0 atom stereocenters. The molecule has 4 nitrogen and oxygen atoms in total. The van der Waals surface area contributed by atoms with Crippen LogP contribution >= 0.6 is 0 Å². The van der Waals surface area contributed by atoms with Crippen LogP contribution < -0.4 is 0 Å². The molecule has 0 aliphatic carbocycles. The Morgan fingerprint density at radius 3 is 2.17 bits per heavy atom. The van der Waals surface area contributed by atoms with Crippen LogP contribution in [-0.2, 0) is 19.0 Å². The first-order valence-corrected chi connectivity index (χ1v) is 4.00. The summed E-state index contributed by atoms with van der Waals surface area (Å²) >= 11 is 0. The molecule has 3 radical (unpaired) electrons. The minimum Gasteiger partial charge on any atom is -0.469 e. The van der Waals surface area contributed by atoms with Gasteiger partial charge in [0.1, 0.15) is 15.7 Å². The minimum absolute atomic E-state index is 0.252. The van der Waals surface area contributed by atoms with Crippen LogP contribution in [0.5, 0.6) is 0 Å². The second-order valence-corrected chi connectivity index (χ2v) is 3.00. The SMILES string of the molecule is COC(=O)CCC([Si])(OC)OC. The van der Waals surface area contributed by atoms with Crippen molar-refractivity contribution in [3.05, 3.63) is 0 Å². The summed E-state index contributed by atoms with van der Waals surface area (Å²) in [6.07, 6.45) is 0.658. The van der Waals surface area contributed by atoms with Gasteiger partial charge in [-0.05, 0) is 0 Å². The van der Waals surface area contributed by atoms with Crippen molar-refractivity contribution >= 4 is 16.2 Å². The second kappa shape index (κ2) is 5.29. The topological polar surface area (TPSA) is 44.8 Å². The highest BCUT2D eigenvalue weighted by Crippen LogP contribution is 2.13. The molecule has 0 aromatic heterocycles. The van der Waals surface area contributed by atoms with E-state index in [-0.39, 0.29) is 12.4 Å². The molecule has 0 bridgehead atoms. The summed E-state index contributed by atoms with van der Waals surface area (Å²) in [6.45, 7) is 0. The Kier molecular flexibility index (Phi) is 5.11. The van der Waals surface area contributed by atoms with Gasteiger partial charge in [-0.1, -0.05) is 0 Å². The van der Waals surface area contributed by atoms with Crippen LogP contribution in [0, 0.1) is 0 Å². The third-order valence-corrected chi connectivity index (χ3v) is 2.20. The largest absolute Gasteiger partial charge is 0.469 e. The molecule has 0 N–H and O–H groups in total. The third kappa shape index (κ3) is 3.84. The Morgan fingerprint density at radius 1 is 1.33 bits per heavy atom. The van der Waals surface area contributed by atoms with Gasteiger partial charge in [0.05, 0.1) is 13.5 Å². The lowest BCUT2D eigenvalue weighted by molar-refractivity contribution is -0.158. The number of esters is 1. The summed E-state index contributed by atoms with van der Waals surface area (Å²) in [5.41, 5.74) is -0.881.